The van der Waals surface area contributed by atoms with E-state index in [1.54, 1.807) is 23.5 Å². The molecule has 0 bridgehead atoms. The highest BCUT2D eigenvalue weighted by atomic mass is 32.1. The summed E-state index contributed by atoms with van der Waals surface area (Å²) in [5.74, 6) is 0.131. The van der Waals surface area contributed by atoms with Crippen LogP contribution in [0.4, 0.5) is 11.4 Å². The lowest BCUT2D eigenvalue weighted by Gasteiger charge is -2.33. The van der Waals surface area contributed by atoms with Gasteiger partial charge in [-0.1, -0.05) is 12.1 Å². The second-order valence-corrected chi connectivity index (χ2v) is 9.13. The third-order valence-corrected chi connectivity index (χ3v) is 7.08. The van der Waals surface area contributed by atoms with Crippen molar-refractivity contribution >= 4 is 34.4 Å². The van der Waals surface area contributed by atoms with E-state index >= 15 is 0 Å². The Hall–Kier alpha value is -2.94. The predicted molar refractivity (Wildman–Crippen MR) is 124 cm³/mol. The fraction of sp³-hybridized carbons (Fsp3) is 0.333. The summed E-state index contributed by atoms with van der Waals surface area (Å²) in [7, 11) is 0. The summed E-state index contributed by atoms with van der Waals surface area (Å²) in [6.07, 6.45) is 5.99. The third-order valence-electron chi connectivity index (χ3n) is 6.30. The molecule has 1 aromatic carbocycles. The molecule has 2 aliphatic heterocycles. The molecule has 5 rings (SSSR count). The quantitative estimate of drug-likeness (QED) is 0.565. The first kappa shape index (κ1) is 20.9. The standard InChI is InChI=1S/C24H25N5O2S/c30-22(23-28-10-11-32-23)21-15-26-9-7-20(21)16-3-5-18(6-4-16)29(19-2-1-8-25-14-19)24(31)17-12-27-13-17/h1-6,8,10-11,14,17,20-21,26-27H,7,9,12-13,15H2. The van der Waals surface area contributed by atoms with Gasteiger partial charge in [0.15, 0.2) is 10.8 Å². The number of ketones is 1. The van der Waals surface area contributed by atoms with Crippen LogP contribution in [-0.4, -0.2) is 47.8 Å². The summed E-state index contributed by atoms with van der Waals surface area (Å²) in [6, 6.07) is 11.8. The van der Waals surface area contributed by atoms with Crippen LogP contribution in [0.15, 0.2) is 60.4 Å². The monoisotopic (exact) mass is 447 g/mol. The largest absolute Gasteiger partial charge is 0.316 e. The van der Waals surface area contributed by atoms with Crippen LogP contribution in [-0.2, 0) is 4.79 Å². The Morgan fingerprint density at radius 2 is 1.84 bits per heavy atom. The molecular formula is C24H25N5O2S. The first-order valence-electron chi connectivity index (χ1n) is 10.9. The summed E-state index contributed by atoms with van der Waals surface area (Å²) in [4.78, 5) is 36.4. The highest BCUT2D eigenvalue weighted by Crippen LogP contribution is 2.35. The van der Waals surface area contributed by atoms with Gasteiger partial charge in [-0.25, -0.2) is 4.98 Å². The van der Waals surface area contributed by atoms with Crippen LogP contribution in [0, 0.1) is 11.8 Å². The molecule has 2 aromatic heterocycles. The lowest BCUT2D eigenvalue weighted by molar-refractivity contribution is -0.123. The number of nitrogens with zero attached hydrogens (tertiary/aromatic N) is 3. The summed E-state index contributed by atoms with van der Waals surface area (Å²) in [5.41, 5.74) is 2.69. The molecule has 2 aliphatic rings. The number of aromatic nitrogens is 2. The van der Waals surface area contributed by atoms with Gasteiger partial charge in [0.1, 0.15) is 0 Å². The smallest absolute Gasteiger partial charge is 0.237 e. The second kappa shape index (κ2) is 9.28. The maximum absolute atomic E-state index is 13.2. The van der Waals surface area contributed by atoms with Gasteiger partial charge in [-0.15, -0.1) is 11.3 Å². The average molecular weight is 448 g/mol. The van der Waals surface area contributed by atoms with E-state index in [1.165, 1.54) is 11.3 Å². The third kappa shape index (κ3) is 4.09. The molecule has 2 unspecified atom stereocenters. The molecule has 2 fully saturated rings. The zero-order chi connectivity index (χ0) is 21.9. The van der Waals surface area contributed by atoms with E-state index in [-0.39, 0.29) is 29.4 Å². The number of nitrogens with one attached hydrogen (secondary N) is 2. The molecule has 164 valence electrons. The molecule has 1 amide bonds. The van der Waals surface area contributed by atoms with Gasteiger partial charge in [0.25, 0.3) is 0 Å². The number of thiazole rings is 1. The van der Waals surface area contributed by atoms with Crippen LogP contribution in [0.1, 0.15) is 27.7 Å². The Bertz CT molecular complexity index is 1070. The van der Waals surface area contributed by atoms with Gasteiger partial charge in [0.2, 0.25) is 5.91 Å². The molecular weight excluding hydrogens is 422 g/mol. The van der Waals surface area contributed by atoms with Crippen molar-refractivity contribution in [3.05, 3.63) is 70.9 Å². The van der Waals surface area contributed by atoms with E-state index < -0.39 is 0 Å². The summed E-state index contributed by atoms with van der Waals surface area (Å²) >= 11 is 1.40. The molecule has 2 N–H and O–H groups in total. The zero-order valence-electron chi connectivity index (χ0n) is 17.6. The Morgan fingerprint density at radius 1 is 1.00 bits per heavy atom. The number of piperidine rings is 1. The zero-order valence-corrected chi connectivity index (χ0v) is 18.4. The van der Waals surface area contributed by atoms with Gasteiger partial charge < -0.3 is 10.6 Å². The van der Waals surface area contributed by atoms with Crippen LogP contribution in [0.2, 0.25) is 0 Å². The minimum Gasteiger partial charge on any atom is -0.316 e. The fourth-order valence-corrected chi connectivity index (χ4v) is 5.08. The topological polar surface area (TPSA) is 87.2 Å². The van der Waals surface area contributed by atoms with Crippen LogP contribution in [0.3, 0.4) is 0 Å². The molecule has 0 radical (unpaired) electrons. The number of Topliss-reactive ketones (excluding diaryl/α,β-unsaturated/α-hetero) is 1. The van der Waals surface area contributed by atoms with Gasteiger partial charge in [0.05, 0.1) is 17.8 Å². The lowest BCUT2D eigenvalue weighted by Crippen LogP contribution is -2.51. The fourth-order valence-electron chi connectivity index (χ4n) is 4.44. The number of benzene rings is 1. The Balaban J connectivity index is 1.42. The highest BCUT2D eigenvalue weighted by Gasteiger charge is 2.34. The number of rotatable bonds is 6. The Morgan fingerprint density at radius 3 is 2.50 bits per heavy atom. The number of hydrogen-bond donors (Lipinski definition) is 2. The molecule has 3 aromatic rings. The van der Waals surface area contributed by atoms with Crippen LogP contribution in [0.25, 0.3) is 0 Å². The van der Waals surface area contributed by atoms with E-state index in [1.807, 2.05) is 29.6 Å². The van der Waals surface area contributed by atoms with Crippen molar-refractivity contribution in [2.75, 3.05) is 31.1 Å². The van der Waals surface area contributed by atoms with Crippen molar-refractivity contribution in [2.45, 2.75) is 12.3 Å². The number of anilines is 2. The predicted octanol–water partition coefficient (Wildman–Crippen LogP) is 3.00. The van der Waals surface area contributed by atoms with Gasteiger partial charge in [-0.3, -0.25) is 19.5 Å². The average Bonchev–Trinajstić information content (AvgIpc) is 3.34. The van der Waals surface area contributed by atoms with E-state index in [9.17, 15) is 9.59 Å². The molecule has 4 heterocycles. The van der Waals surface area contributed by atoms with Crippen molar-refractivity contribution < 1.29 is 9.59 Å². The number of carbonyl (C=O) groups is 2. The summed E-state index contributed by atoms with van der Waals surface area (Å²) in [6.45, 7) is 2.93. The summed E-state index contributed by atoms with van der Waals surface area (Å²) in [5, 5.41) is 8.95. The molecule has 0 saturated carbocycles. The number of amides is 1. The molecule has 7 nitrogen and oxygen atoms in total. The second-order valence-electron chi connectivity index (χ2n) is 8.24. The number of hydrogen-bond acceptors (Lipinski definition) is 7. The van der Waals surface area contributed by atoms with Crippen LogP contribution in [0.5, 0.6) is 0 Å². The minimum absolute atomic E-state index is 0.0281. The Labute approximate surface area is 190 Å². The van der Waals surface area contributed by atoms with Crippen molar-refractivity contribution in [3.8, 4) is 0 Å². The summed E-state index contributed by atoms with van der Waals surface area (Å²) < 4.78 is 0. The van der Waals surface area contributed by atoms with Gasteiger partial charge >= 0.3 is 0 Å². The maximum atomic E-state index is 13.2. The molecule has 0 aliphatic carbocycles. The minimum atomic E-state index is -0.141. The highest BCUT2D eigenvalue weighted by molar-refractivity contribution is 7.11. The van der Waals surface area contributed by atoms with Crippen molar-refractivity contribution in [3.63, 3.8) is 0 Å². The molecule has 2 saturated heterocycles. The first-order chi connectivity index (χ1) is 15.7. The maximum Gasteiger partial charge on any atom is 0.237 e. The lowest BCUT2D eigenvalue weighted by atomic mass is 9.79. The molecule has 8 heteroatoms. The number of carbonyl (C=O) groups excluding carboxylic acids is 2. The normalized spacial score (nSPS) is 21.0. The van der Waals surface area contributed by atoms with Gasteiger partial charge in [-0.05, 0) is 48.7 Å². The van der Waals surface area contributed by atoms with E-state index in [4.69, 9.17) is 0 Å². The number of pyridine rings is 1. The van der Waals surface area contributed by atoms with Crippen LogP contribution >= 0.6 is 11.3 Å². The SMILES string of the molecule is O=C(c1nccs1)C1CNCCC1c1ccc(N(C(=O)C2CNC2)c2cccnc2)cc1. The van der Waals surface area contributed by atoms with E-state index in [0.717, 1.165) is 29.9 Å². The molecule has 32 heavy (non-hydrogen) atoms. The Kier molecular flexibility index (Phi) is 6.07. The van der Waals surface area contributed by atoms with Crippen molar-refractivity contribution in [1.29, 1.82) is 0 Å². The molecule has 2 atom stereocenters. The van der Waals surface area contributed by atoms with E-state index in [2.05, 4.69) is 32.7 Å². The van der Waals surface area contributed by atoms with Crippen molar-refractivity contribution in [2.24, 2.45) is 11.8 Å². The van der Waals surface area contributed by atoms with Crippen molar-refractivity contribution in [1.82, 2.24) is 20.6 Å². The van der Waals surface area contributed by atoms with Gasteiger partial charge in [0, 0.05) is 49.0 Å². The first-order valence-corrected chi connectivity index (χ1v) is 11.8. The van der Waals surface area contributed by atoms with Crippen LogP contribution < -0.4 is 15.5 Å². The molecule has 0 spiro atoms. The van der Waals surface area contributed by atoms with E-state index in [0.29, 0.717) is 24.6 Å². The van der Waals surface area contributed by atoms with Gasteiger partial charge in [-0.2, -0.15) is 0 Å².